The molecule has 0 radical (unpaired) electrons. The van der Waals surface area contributed by atoms with Crippen molar-refractivity contribution in [2.45, 2.75) is 24.6 Å². The average molecular weight is 390 g/mol. The fourth-order valence-electron chi connectivity index (χ4n) is 3.49. The summed E-state index contributed by atoms with van der Waals surface area (Å²) in [7, 11) is 0. The van der Waals surface area contributed by atoms with Gasteiger partial charge in [-0.2, -0.15) is 13.2 Å². The van der Waals surface area contributed by atoms with Crippen molar-refractivity contribution in [1.29, 1.82) is 0 Å². The lowest BCUT2D eigenvalue weighted by Gasteiger charge is -2.31. The summed E-state index contributed by atoms with van der Waals surface area (Å²) < 4.78 is 47.8. The average Bonchev–Trinajstić information content (AvgIpc) is 3.03. The zero-order valence-electron chi connectivity index (χ0n) is 14.2. The number of barbiturate groups is 1. The van der Waals surface area contributed by atoms with E-state index in [1.807, 2.05) is 5.32 Å². The van der Waals surface area contributed by atoms with Gasteiger partial charge in [0.05, 0.1) is 5.69 Å². The number of benzene rings is 2. The molecule has 1 unspecified atom stereocenters. The molecule has 2 aromatic carbocycles. The van der Waals surface area contributed by atoms with Gasteiger partial charge in [-0.15, -0.1) is 0 Å². The quantitative estimate of drug-likeness (QED) is 0.800. The summed E-state index contributed by atoms with van der Waals surface area (Å²) in [6, 6.07) is 10.3. The lowest BCUT2D eigenvalue weighted by molar-refractivity contribution is -0.248. The molecule has 0 saturated carbocycles. The number of nitrogens with one attached hydrogen (secondary N) is 1. The fourth-order valence-corrected chi connectivity index (χ4v) is 3.49. The van der Waals surface area contributed by atoms with Gasteiger partial charge in [0.15, 0.2) is 0 Å². The van der Waals surface area contributed by atoms with Crippen molar-refractivity contribution in [3.8, 4) is 5.75 Å². The zero-order valence-corrected chi connectivity index (χ0v) is 14.2. The summed E-state index contributed by atoms with van der Waals surface area (Å²) in [5.41, 5.74) is -2.69. The van der Waals surface area contributed by atoms with E-state index in [1.165, 1.54) is 42.5 Å². The van der Waals surface area contributed by atoms with Gasteiger partial charge in [0, 0.05) is 17.5 Å². The van der Waals surface area contributed by atoms with Crippen LogP contribution >= 0.6 is 0 Å². The number of halogens is 3. The van der Waals surface area contributed by atoms with Crippen LogP contribution in [0.5, 0.6) is 5.75 Å². The number of amides is 4. The molecule has 4 amide bonds. The van der Waals surface area contributed by atoms with Crippen LogP contribution in [0.25, 0.3) is 0 Å². The maximum atomic E-state index is 14.1. The van der Waals surface area contributed by atoms with E-state index in [1.54, 1.807) is 6.07 Å². The maximum Gasteiger partial charge on any atom is 0.432 e. The molecular weight excluding hydrogens is 377 g/mol. The van der Waals surface area contributed by atoms with Crippen molar-refractivity contribution in [3.63, 3.8) is 0 Å². The van der Waals surface area contributed by atoms with Crippen molar-refractivity contribution in [3.05, 3.63) is 59.7 Å². The van der Waals surface area contributed by atoms with Crippen LogP contribution in [0, 0.1) is 0 Å². The second kappa shape index (κ2) is 6.08. The smallest absolute Gasteiger partial charge is 0.432 e. The van der Waals surface area contributed by atoms with Crippen molar-refractivity contribution in [1.82, 2.24) is 5.32 Å². The Bertz CT molecular complexity index is 970. The Kier molecular flexibility index (Phi) is 3.91. The number of hydrogen-bond acceptors (Lipinski definition) is 4. The largest absolute Gasteiger partial charge is 0.472 e. The van der Waals surface area contributed by atoms with Gasteiger partial charge in [0.1, 0.15) is 12.2 Å². The lowest BCUT2D eigenvalue weighted by atomic mass is 9.88. The molecule has 0 bridgehead atoms. The summed E-state index contributed by atoms with van der Waals surface area (Å²) in [4.78, 5) is 36.4. The summed E-state index contributed by atoms with van der Waals surface area (Å²) in [6.07, 6.45) is -5.94. The first-order valence-electron chi connectivity index (χ1n) is 8.33. The van der Waals surface area contributed by atoms with E-state index in [0.29, 0.717) is 4.90 Å². The van der Waals surface area contributed by atoms with E-state index in [9.17, 15) is 27.6 Å². The Morgan fingerprint density at radius 2 is 1.71 bits per heavy atom. The molecule has 0 aromatic heterocycles. The Labute approximate surface area is 156 Å². The first-order valence-corrected chi connectivity index (χ1v) is 8.33. The van der Waals surface area contributed by atoms with Crippen LogP contribution in [-0.2, 0) is 21.6 Å². The van der Waals surface area contributed by atoms with Crippen LogP contribution in [-0.4, -0.2) is 24.0 Å². The second-order valence-electron chi connectivity index (χ2n) is 6.48. The predicted octanol–water partition coefficient (Wildman–Crippen LogP) is 3.05. The van der Waals surface area contributed by atoms with Gasteiger partial charge in [0.25, 0.3) is 0 Å². The number of rotatable bonds is 2. The summed E-state index contributed by atoms with van der Waals surface area (Å²) >= 11 is 0. The zero-order chi connectivity index (χ0) is 20.1. The first kappa shape index (κ1) is 18.0. The van der Waals surface area contributed by atoms with Crippen molar-refractivity contribution in [2.24, 2.45) is 0 Å². The minimum Gasteiger partial charge on any atom is -0.472 e. The number of alkyl halides is 3. The number of anilines is 1. The normalized spacial score (nSPS) is 22.0. The van der Waals surface area contributed by atoms with Gasteiger partial charge in [-0.1, -0.05) is 36.4 Å². The van der Waals surface area contributed by atoms with Crippen molar-refractivity contribution < 1.29 is 32.3 Å². The Hall–Kier alpha value is -3.36. The predicted molar refractivity (Wildman–Crippen MR) is 90.6 cm³/mol. The van der Waals surface area contributed by atoms with Gasteiger partial charge in [-0.3, -0.25) is 14.9 Å². The van der Waals surface area contributed by atoms with E-state index in [2.05, 4.69) is 0 Å². The Morgan fingerprint density at radius 3 is 2.36 bits per heavy atom. The topological polar surface area (TPSA) is 75.7 Å². The van der Waals surface area contributed by atoms with E-state index in [-0.39, 0.29) is 22.6 Å². The van der Waals surface area contributed by atoms with Crippen LogP contribution in [0.4, 0.5) is 23.7 Å². The molecule has 9 heteroatoms. The molecule has 0 aliphatic carbocycles. The third-order valence-electron chi connectivity index (χ3n) is 4.77. The Balaban J connectivity index is 1.82. The van der Waals surface area contributed by atoms with Crippen LogP contribution < -0.4 is 15.0 Å². The number of imide groups is 2. The van der Waals surface area contributed by atoms with Crippen LogP contribution in [0.15, 0.2) is 48.5 Å². The van der Waals surface area contributed by atoms with Crippen LogP contribution in [0.3, 0.4) is 0 Å². The van der Waals surface area contributed by atoms with Crippen LogP contribution in [0.2, 0.25) is 0 Å². The molecule has 1 fully saturated rings. The third kappa shape index (κ3) is 2.62. The number of ether oxygens (including phenoxy) is 1. The Morgan fingerprint density at radius 1 is 1.00 bits per heavy atom. The monoisotopic (exact) mass is 390 g/mol. The maximum absolute atomic E-state index is 14.1. The molecule has 1 N–H and O–H groups in total. The minimum atomic E-state index is -4.76. The van der Waals surface area contributed by atoms with Gasteiger partial charge in [-0.25, -0.2) is 9.69 Å². The van der Waals surface area contributed by atoms with E-state index in [0.717, 1.165) is 0 Å². The summed E-state index contributed by atoms with van der Waals surface area (Å²) in [6.45, 7) is 0. The molecule has 28 heavy (non-hydrogen) atoms. The molecule has 0 spiro atoms. The second-order valence-corrected chi connectivity index (χ2v) is 6.48. The van der Waals surface area contributed by atoms with Crippen LogP contribution in [0.1, 0.15) is 17.5 Å². The molecule has 1 atom stereocenters. The summed E-state index contributed by atoms with van der Waals surface area (Å²) in [5.74, 6) is -1.65. The third-order valence-corrected chi connectivity index (χ3v) is 4.77. The highest BCUT2D eigenvalue weighted by Crippen LogP contribution is 2.53. The van der Waals surface area contributed by atoms with E-state index >= 15 is 0 Å². The highest BCUT2D eigenvalue weighted by Gasteiger charge is 2.62. The number of urea groups is 1. The number of carbonyl (C=O) groups is 3. The number of nitrogens with zero attached hydrogens (tertiary/aromatic N) is 1. The molecule has 144 valence electrons. The molecule has 2 aliphatic rings. The first-order chi connectivity index (χ1) is 13.2. The standard InChI is InChI=1S/C19H13F3N2O4/c20-19(21,22)18(11-5-2-1-3-6-11)10-12-13(7-4-8-14(12)28-18)24-16(26)9-15(25)23-17(24)27/h1-8H,9-10H2,(H,23,25,27). The minimum absolute atomic E-state index is 0.0328. The molecular formula is C19H13F3N2O4. The summed E-state index contributed by atoms with van der Waals surface area (Å²) in [5, 5.41) is 2.00. The highest BCUT2D eigenvalue weighted by molar-refractivity contribution is 6.26. The van der Waals surface area contributed by atoms with Crippen molar-refractivity contribution >= 4 is 23.5 Å². The molecule has 2 aromatic rings. The molecule has 1 saturated heterocycles. The molecule has 4 rings (SSSR count). The highest BCUT2D eigenvalue weighted by atomic mass is 19.4. The van der Waals surface area contributed by atoms with E-state index in [4.69, 9.17) is 4.74 Å². The lowest BCUT2D eigenvalue weighted by Crippen LogP contribution is -2.53. The number of hydrogen-bond donors (Lipinski definition) is 1. The SMILES string of the molecule is O=C1CC(=O)N(c2cccc3c2CC(c2ccccc2)(C(F)(F)F)O3)C(=O)N1. The molecule has 2 heterocycles. The molecule has 6 nitrogen and oxygen atoms in total. The number of carbonyl (C=O) groups excluding carboxylic acids is 3. The van der Waals surface area contributed by atoms with Gasteiger partial charge >= 0.3 is 12.2 Å². The van der Waals surface area contributed by atoms with Gasteiger partial charge in [0.2, 0.25) is 17.4 Å². The number of fused-ring (bicyclic) bond motifs is 1. The van der Waals surface area contributed by atoms with E-state index < -0.39 is 42.5 Å². The van der Waals surface area contributed by atoms with Gasteiger partial charge < -0.3 is 4.74 Å². The molecule has 2 aliphatic heterocycles. The fraction of sp³-hybridized carbons (Fsp3) is 0.211. The van der Waals surface area contributed by atoms with Crippen molar-refractivity contribution in [2.75, 3.05) is 4.90 Å². The van der Waals surface area contributed by atoms with Gasteiger partial charge in [-0.05, 0) is 12.1 Å².